The number of aromatic nitrogens is 1. The molecule has 1 aromatic heterocycles. The molecule has 0 aliphatic rings. The van der Waals surface area contributed by atoms with Crippen molar-refractivity contribution in [3.63, 3.8) is 0 Å². The fourth-order valence-corrected chi connectivity index (χ4v) is 4.58. The Hall–Kier alpha value is -1.87. The quantitative estimate of drug-likeness (QED) is 0.617. The molecular weight excluding hydrogens is 431 g/mol. The third-order valence-electron chi connectivity index (χ3n) is 3.67. The van der Waals surface area contributed by atoms with E-state index in [4.69, 9.17) is 27.9 Å². The number of halogens is 2. The highest BCUT2D eigenvalue weighted by molar-refractivity contribution is 7.90. The first kappa shape index (κ1) is 19.9. The fraction of sp³-hybridized carbons (Fsp3) is 0.176. The molecule has 0 atom stereocenters. The summed E-state index contributed by atoms with van der Waals surface area (Å²) in [6, 6.07) is 9.49. The van der Waals surface area contributed by atoms with Crippen molar-refractivity contribution in [2.45, 2.75) is 4.90 Å². The van der Waals surface area contributed by atoms with Gasteiger partial charge in [-0.25, -0.2) is 8.42 Å². The van der Waals surface area contributed by atoms with Crippen LogP contribution in [0.1, 0.15) is 0 Å². The van der Waals surface area contributed by atoms with Gasteiger partial charge in [-0.15, -0.1) is 0 Å². The number of benzene rings is 2. The summed E-state index contributed by atoms with van der Waals surface area (Å²) < 4.78 is 31.2. The molecule has 0 radical (unpaired) electrons. The molecule has 0 bridgehead atoms. The van der Waals surface area contributed by atoms with E-state index in [1.807, 2.05) is 0 Å². The van der Waals surface area contributed by atoms with Crippen molar-refractivity contribution in [2.75, 3.05) is 12.9 Å². The first-order valence-corrected chi connectivity index (χ1v) is 11.1. The van der Waals surface area contributed by atoms with Gasteiger partial charge in [-0.05, 0) is 36.4 Å². The number of ether oxygens (including phenoxy) is 1. The zero-order chi connectivity index (χ0) is 19.8. The standard InChI is InChI=1S/C17H14Cl2N2O4S2/c1-21-13-5-4-11(27(2,23)24)8-15(13)26-17(21)20-16(22)9-25-14-6-3-10(18)7-12(14)19/h3-8H,9H2,1-2H3. The van der Waals surface area contributed by atoms with Gasteiger partial charge in [0.15, 0.2) is 21.2 Å². The predicted octanol–water partition coefficient (Wildman–Crippen LogP) is 3.46. The van der Waals surface area contributed by atoms with E-state index in [-0.39, 0.29) is 11.5 Å². The molecule has 142 valence electrons. The highest BCUT2D eigenvalue weighted by Gasteiger charge is 2.12. The number of fused-ring (bicyclic) bond motifs is 1. The Morgan fingerprint density at radius 2 is 1.96 bits per heavy atom. The molecule has 2 aromatic carbocycles. The van der Waals surface area contributed by atoms with Gasteiger partial charge in [-0.1, -0.05) is 34.5 Å². The van der Waals surface area contributed by atoms with E-state index in [0.717, 1.165) is 11.8 Å². The van der Waals surface area contributed by atoms with Gasteiger partial charge in [0.05, 0.1) is 20.1 Å². The highest BCUT2D eigenvalue weighted by Crippen LogP contribution is 2.27. The minimum absolute atomic E-state index is 0.218. The predicted molar refractivity (Wildman–Crippen MR) is 106 cm³/mol. The number of hydrogen-bond acceptors (Lipinski definition) is 5. The van der Waals surface area contributed by atoms with Crippen LogP contribution >= 0.6 is 34.5 Å². The summed E-state index contributed by atoms with van der Waals surface area (Å²) in [7, 11) is -1.56. The van der Waals surface area contributed by atoms with E-state index in [1.54, 1.807) is 35.9 Å². The number of hydrogen-bond donors (Lipinski definition) is 0. The molecule has 27 heavy (non-hydrogen) atoms. The lowest BCUT2D eigenvalue weighted by Gasteiger charge is -2.05. The number of sulfone groups is 1. The Morgan fingerprint density at radius 1 is 1.22 bits per heavy atom. The van der Waals surface area contributed by atoms with Crippen LogP contribution in [0.15, 0.2) is 46.3 Å². The zero-order valence-corrected chi connectivity index (χ0v) is 17.4. The summed E-state index contributed by atoms with van der Waals surface area (Å²) in [4.78, 5) is 16.9. The maximum Gasteiger partial charge on any atom is 0.286 e. The average molecular weight is 445 g/mol. The second kappa shape index (κ2) is 7.63. The van der Waals surface area contributed by atoms with Crippen LogP contribution in [0.25, 0.3) is 10.2 Å². The number of thiazole rings is 1. The van der Waals surface area contributed by atoms with Crippen molar-refractivity contribution in [1.82, 2.24) is 4.57 Å². The molecule has 0 saturated carbocycles. The molecule has 0 aliphatic carbocycles. The number of amides is 1. The van der Waals surface area contributed by atoms with E-state index < -0.39 is 15.7 Å². The molecule has 0 saturated heterocycles. The molecule has 0 fully saturated rings. The van der Waals surface area contributed by atoms with Crippen LogP contribution in [-0.2, 0) is 21.7 Å². The van der Waals surface area contributed by atoms with Gasteiger partial charge in [0.2, 0.25) is 0 Å². The smallest absolute Gasteiger partial charge is 0.286 e. The largest absolute Gasteiger partial charge is 0.482 e. The van der Waals surface area contributed by atoms with Gasteiger partial charge < -0.3 is 9.30 Å². The van der Waals surface area contributed by atoms with Crippen LogP contribution < -0.4 is 9.54 Å². The first-order valence-electron chi connectivity index (χ1n) is 7.60. The number of carbonyl (C=O) groups is 1. The Bertz CT molecular complexity index is 1210. The molecular formula is C17H14Cl2N2O4S2. The Kier molecular flexibility index (Phi) is 5.62. The minimum Gasteiger partial charge on any atom is -0.482 e. The van der Waals surface area contributed by atoms with E-state index in [2.05, 4.69) is 4.99 Å². The van der Waals surface area contributed by atoms with Crippen LogP contribution in [0.3, 0.4) is 0 Å². The average Bonchev–Trinajstić information content (AvgIpc) is 2.88. The topological polar surface area (TPSA) is 77.7 Å². The van der Waals surface area contributed by atoms with Crippen LogP contribution in [-0.4, -0.2) is 31.8 Å². The normalized spacial score (nSPS) is 12.5. The lowest BCUT2D eigenvalue weighted by Crippen LogP contribution is -2.17. The number of aryl methyl sites for hydroxylation is 1. The molecule has 3 aromatic rings. The Labute approximate surface area is 169 Å². The van der Waals surface area contributed by atoms with Crippen molar-refractivity contribution < 1.29 is 17.9 Å². The Morgan fingerprint density at radius 3 is 2.63 bits per heavy atom. The van der Waals surface area contributed by atoms with Crippen molar-refractivity contribution in [3.8, 4) is 5.75 Å². The SMILES string of the molecule is Cn1c(=NC(=O)COc2ccc(Cl)cc2Cl)sc2cc(S(C)(=O)=O)ccc21. The fourth-order valence-electron chi connectivity index (χ4n) is 2.32. The number of rotatable bonds is 4. The molecule has 3 rings (SSSR count). The molecule has 10 heteroatoms. The van der Waals surface area contributed by atoms with E-state index in [1.165, 1.54) is 23.5 Å². The molecule has 0 spiro atoms. The molecule has 0 N–H and O–H groups in total. The molecule has 6 nitrogen and oxygen atoms in total. The third kappa shape index (κ3) is 4.52. The van der Waals surface area contributed by atoms with Crippen LogP contribution in [0.5, 0.6) is 5.75 Å². The van der Waals surface area contributed by atoms with E-state index in [9.17, 15) is 13.2 Å². The molecule has 1 heterocycles. The second-order valence-electron chi connectivity index (χ2n) is 5.71. The van der Waals surface area contributed by atoms with E-state index in [0.29, 0.717) is 25.3 Å². The maximum atomic E-state index is 12.2. The van der Waals surface area contributed by atoms with E-state index >= 15 is 0 Å². The summed E-state index contributed by atoms with van der Waals surface area (Å²) in [5.74, 6) is -0.158. The van der Waals surface area contributed by atoms with Crippen LogP contribution in [0, 0.1) is 0 Å². The van der Waals surface area contributed by atoms with Gasteiger partial charge in [0, 0.05) is 18.3 Å². The van der Waals surface area contributed by atoms with Gasteiger partial charge in [0.25, 0.3) is 5.91 Å². The monoisotopic (exact) mass is 444 g/mol. The summed E-state index contributed by atoms with van der Waals surface area (Å²) in [5.41, 5.74) is 0.778. The molecule has 1 amide bonds. The second-order valence-corrected chi connectivity index (χ2v) is 9.58. The van der Waals surface area contributed by atoms with Crippen LogP contribution in [0.4, 0.5) is 0 Å². The lowest BCUT2D eigenvalue weighted by molar-refractivity contribution is -0.120. The Balaban J connectivity index is 1.86. The van der Waals surface area contributed by atoms with Crippen molar-refractivity contribution in [3.05, 3.63) is 51.2 Å². The van der Waals surface area contributed by atoms with Crippen molar-refractivity contribution in [2.24, 2.45) is 12.0 Å². The first-order chi connectivity index (χ1) is 12.6. The van der Waals surface area contributed by atoms with Gasteiger partial charge in [0.1, 0.15) is 5.75 Å². The van der Waals surface area contributed by atoms with Gasteiger partial charge >= 0.3 is 0 Å². The van der Waals surface area contributed by atoms with Crippen LogP contribution in [0.2, 0.25) is 10.0 Å². The zero-order valence-electron chi connectivity index (χ0n) is 14.3. The molecule has 0 aliphatic heterocycles. The maximum absolute atomic E-state index is 12.2. The summed E-state index contributed by atoms with van der Waals surface area (Å²) in [5, 5.41) is 0.769. The van der Waals surface area contributed by atoms with Crippen molar-refractivity contribution in [1.29, 1.82) is 0 Å². The number of carbonyl (C=O) groups excluding carboxylic acids is 1. The summed E-state index contributed by atoms with van der Waals surface area (Å²) in [6.45, 7) is -0.288. The summed E-state index contributed by atoms with van der Waals surface area (Å²) >= 11 is 13.0. The third-order valence-corrected chi connectivity index (χ3v) is 6.41. The van der Waals surface area contributed by atoms with Gasteiger partial charge in [-0.2, -0.15) is 4.99 Å². The summed E-state index contributed by atoms with van der Waals surface area (Å²) in [6.07, 6.45) is 1.15. The lowest BCUT2D eigenvalue weighted by atomic mass is 10.3. The minimum atomic E-state index is -3.31. The molecule has 0 unspecified atom stereocenters. The number of nitrogens with zero attached hydrogens (tertiary/aromatic N) is 2. The van der Waals surface area contributed by atoms with Gasteiger partial charge in [-0.3, -0.25) is 4.79 Å². The highest BCUT2D eigenvalue weighted by atomic mass is 35.5. The van der Waals surface area contributed by atoms with Crippen molar-refractivity contribution >= 4 is 60.5 Å².